The highest BCUT2D eigenvalue weighted by molar-refractivity contribution is 5.21. The van der Waals surface area contributed by atoms with Gasteiger partial charge < -0.3 is 9.52 Å². The molecule has 0 aliphatic heterocycles. The molecular formula is C12H17NO2. The van der Waals surface area contributed by atoms with Crippen LogP contribution in [0.4, 0.5) is 0 Å². The van der Waals surface area contributed by atoms with Gasteiger partial charge in [-0.15, -0.1) is 0 Å². The molecule has 3 nitrogen and oxygen atoms in total. The van der Waals surface area contributed by atoms with Crippen LogP contribution >= 0.6 is 0 Å². The van der Waals surface area contributed by atoms with Gasteiger partial charge in [0.25, 0.3) is 0 Å². The van der Waals surface area contributed by atoms with Crippen molar-refractivity contribution in [2.75, 3.05) is 0 Å². The van der Waals surface area contributed by atoms with Crippen molar-refractivity contribution in [3.8, 4) is 11.8 Å². The molecule has 1 N–H and O–H groups in total. The smallest absolute Gasteiger partial charge is 0.239 e. The highest BCUT2D eigenvalue weighted by Crippen LogP contribution is 2.20. The zero-order valence-corrected chi connectivity index (χ0v) is 9.88. The molecule has 0 saturated carbocycles. The van der Waals surface area contributed by atoms with E-state index in [1.807, 2.05) is 20.8 Å². The molecule has 0 spiro atoms. The van der Waals surface area contributed by atoms with Crippen molar-refractivity contribution < 1.29 is 9.52 Å². The second kappa shape index (κ2) is 3.71. The third-order valence-corrected chi connectivity index (χ3v) is 1.72. The Morgan fingerprint density at radius 2 is 1.87 bits per heavy atom. The number of oxazole rings is 1. The van der Waals surface area contributed by atoms with Gasteiger partial charge in [0.2, 0.25) is 5.89 Å². The number of hydrogen-bond acceptors (Lipinski definition) is 3. The number of rotatable bonds is 1. The first-order valence-electron chi connectivity index (χ1n) is 4.90. The molecular weight excluding hydrogens is 190 g/mol. The predicted octanol–water partition coefficient (Wildman–Crippen LogP) is 2.24. The molecule has 0 unspecified atom stereocenters. The molecule has 1 rings (SSSR count). The van der Waals surface area contributed by atoms with Crippen LogP contribution in [0.5, 0.6) is 0 Å². The zero-order chi connectivity index (χ0) is 11.7. The van der Waals surface area contributed by atoms with Crippen LogP contribution in [0, 0.1) is 24.2 Å². The Morgan fingerprint density at radius 1 is 1.27 bits per heavy atom. The SMILES string of the molecule is Cc1cnc([C@@](C)(O)C#CC(C)(C)C)o1. The molecule has 0 aliphatic carbocycles. The van der Waals surface area contributed by atoms with Gasteiger partial charge in [-0.3, -0.25) is 0 Å². The van der Waals surface area contributed by atoms with Gasteiger partial charge in [-0.2, -0.15) is 0 Å². The molecule has 1 aromatic rings. The summed E-state index contributed by atoms with van der Waals surface area (Å²) in [6.07, 6.45) is 1.57. The molecule has 0 radical (unpaired) electrons. The van der Waals surface area contributed by atoms with Gasteiger partial charge in [-0.25, -0.2) is 4.98 Å². The molecule has 1 atom stereocenters. The standard InChI is InChI=1S/C12H17NO2/c1-9-8-13-10(15-9)12(5,14)7-6-11(2,3)4/h8,14H,1-5H3/t12-/m0/s1. The molecule has 1 heterocycles. The Labute approximate surface area is 90.5 Å². The summed E-state index contributed by atoms with van der Waals surface area (Å²) in [4.78, 5) is 3.97. The average Bonchev–Trinajstić information content (AvgIpc) is 2.48. The third-order valence-electron chi connectivity index (χ3n) is 1.72. The quantitative estimate of drug-likeness (QED) is 0.718. The van der Waals surface area contributed by atoms with Crippen molar-refractivity contribution >= 4 is 0 Å². The summed E-state index contributed by atoms with van der Waals surface area (Å²) in [5, 5.41) is 10.0. The topological polar surface area (TPSA) is 46.3 Å². The van der Waals surface area contributed by atoms with Gasteiger partial charge in [0.05, 0.1) is 6.20 Å². The summed E-state index contributed by atoms with van der Waals surface area (Å²) in [5.41, 5.74) is -1.47. The Morgan fingerprint density at radius 3 is 2.27 bits per heavy atom. The van der Waals surface area contributed by atoms with Gasteiger partial charge in [0.1, 0.15) is 5.76 Å². The second-order valence-corrected chi connectivity index (χ2v) is 4.85. The number of aliphatic hydroxyl groups is 1. The zero-order valence-electron chi connectivity index (χ0n) is 9.88. The van der Waals surface area contributed by atoms with Crippen LogP contribution in [0.1, 0.15) is 39.3 Å². The first-order chi connectivity index (χ1) is 6.71. The van der Waals surface area contributed by atoms with E-state index in [1.54, 1.807) is 20.0 Å². The lowest BCUT2D eigenvalue weighted by Crippen LogP contribution is -2.19. The van der Waals surface area contributed by atoms with Crippen molar-refractivity contribution in [1.82, 2.24) is 4.98 Å². The summed E-state index contributed by atoms with van der Waals surface area (Å²) < 4.78 is 5.25. The molecule has 1 aromatic heterocycles. The molecule has 0 aromatic carbocycles. The fraction of sp³-hybridized carbons (Fsp3) is 0.583. The monoisotopic (exact) mass is 207 g/mol. The van der Waals surface area contributed by atoms with Gasteiger partial charge in [-0.1, -0.05) is 11.8 Å². The van der Waals surface area contributed by atoms with Crippen LogP contribution in [0.3, 0.4) is 0 Å². The highest BCUT2D eigenvalue weighted by Gasteiger charge is 2.26. The van der Waals surface area contributed by atoms with Crippen LogP contribution in [0.15, 0.2) is 10.6 Å². The van der Waals surface area contributed by atoms with Crippen LogP contribution < -0.4 is 0 Å². The molecule has 0 saturated heterocycles. The Bertz CT molecular complexity index is 399. The van der Waals surface area contributed by atoms with E-state index >= 15 is 0 Å². The first kappa shape index (κ1) is 11.8. The minimum Gasteiger partial charge on any atom is -0.442 e. The van der Waals surface area contributed by atoms with E-state index in [2.05, 4.69) is 16.8 Å². The van der Waals surface area contributed by atoms with E-state index < -0.39 is 5.60 Å². The van der Waals surface area contributed by atoms with Crippen LogP contribution in [-0.4, -0.2) is 10.1 Å². The average molecular weight is 207 g/mol. The van der Waals surface area contributed by atoms with Crippen molar-refractivity contribution in [3.05, 3.63) is 17.8 Å². The maximum Gasteiger partial charge on any atom is 0.239 e. The lowest BCUT2D eigenvalue weighted by atomic mass is 9.96. The Hall–Kier alpha value is -1.27. The summed E-state index contributed by atoms with van der Waals surface area (Å²) in [5.74, 6) is 6.66. The molecule has 0 aliphatic rings. The molecule has 3 heteroatoms. The molecule has 0 bridgehead atoms. The normalized spacial score (nSPS) is 15.3. The minimum atomic E-state index is -1.32. The lowest BCUT2D eigenvalue weighted by Gasteiger charge is -2.13. The van der Waals surface area contributed by atoms with Crippen molar-refractivity contribution in [2.45, 2.75) is 40.2 Å². The van der Waals surface area contributed by atoms with E-state index in [0.717, 1.165) is 0 Å². The largest absolute Gasteiger partial charge is 0.442 e. The van der Waals surface area contributed by atoms with Crippen molar-refractivity contribution in [1.29, 1.82) is 0 Å². The molecule has 0 fully saturated rings. The summed E-state index contributed by atoms with van der Waals surface area (Å²) in [6.45, 7) is 9.31. The van der Waals surface area contributed by atoms with Gasteiger partial charge in [-0.05, 0) is 34.6 Å². The van der Waals surface area contributed by atoms with Crippen LogP contribution in [0.2, 0.25) is 0 Å². The number of aromatic nitrogens is 1. The molecule has 82 valence electrons. The fourth-order valence-electron chi connectivity index (χ4n) is 0.942. The predicted molar refractivity (Wildman–Crippen MR) is 58.0 cm³/mol. The Kier molecular flexibility index (Phi) is 2.92. The van der Waals surface area contributed by atoms with Crippen molar-refractivity contribution in [3.63, 3.8) is 0 Å². The van der Waals surface area contributed by atoms with Gasteiger partial charge in [0.15, 0.2) is 5.60 Å². The minimum absolute atomic E-state index is 0.147. The second-order valence-electron chi connectivity index (χ2n) is 4.85. The summed E-state index contributed by atoms with van der Waals surface area (Å²) in [6, 6.07) is 0. The summed E-state index contributed by atoms with van der Waals surface area (Å²) in [7, 11) is 0. The van der Waals surface area contributed by atoms with E-state index in [0.29, 0.717) is 5.76 Å². The van der Waals surface area contributed by atoms with E-state index in [4.69, 9.17) is 4.42 Å². The van der Waals surface area contributed by atoms with E-state index in [1.165, 1.54) is 0 Å². The highest BCUT2D eigenvalue weighted by atomic mass is 16.4. The third kappa shape index (κ3) is 3.41. The van der Waals surface area contributed by atoms with E-state index in [-0.39, 0.29) is 11.3 Å². The summed E-state index contributed by atoms with van der Waals surface area (Å²) >= 11 is 0. The van der Waals surface area contributed by atoms with Gasteiger partial charge in [0, 0.05) is 5.41 Å². The first-order valence-corrected chi connectivity index (χ1v) is 4.90. The number of aryl methyl sites for hydroxylation is 1. The Balaban J connectivity index is 2.97. The number of hydrogen-bond donors (Lipinski definition) is 1. The fourth-order valence-corrected chi connectivity index (χ4v) is 0.942. The van der Waals surface area contributed by atoms with Gasteiger partial charge >= 0.3 is 0 Å². The van der Waals surface area contributed by atoms with Crippen LogP contribution in [-0.2, 0) is 5.60 Å². The lowest BCUT2D eigenvalue weighted by molar-refractivity contribution is 0.0878. The van der Waals surface area contributed by atoms with Crippen molar-refractivity contribution in [2.24, 2.45) is 5.41 Å². The maximum atomic E-state index is 10.0. The molecule has 0 amide bonds. The molecule has 15 heavy (non-hydrogen) atoms. The number of nitrogens with zero attached hydrogens (tertiary/aromatic N) is 1. The maximum absolute atomic E-state index is 10.0. The van der Waals surface area contributed by atoms with E-state index in [9.17, 15) is 5.11 Å². The van der Waals surface area contributed by atoms with Crippen LogP contribution in [0.25, 0.3) is 0 Å².